The van der Waals surface area contributed by atoms with Gasteiger partial charge < -0.3 is 10.5 Å². The fraction of sp³-hybridized carbons (Fsp3) is 0.462. The van der Waals surface area contributed by atoms with Crippen molar-refractivity contribution in [2.45, 2.75) is 31.8 Å². The number of carbonyl (C=O) groups excluding carboxylic acids is 1. The molecule has 0 saturated carbocycles. The maximum Gasteiger partial charge on any atom is 0.234 e. The first kappa shape index (κ1) is 11.9. The summed E-state index contributed by atoms with van der Waals surface area (Å²) in [5.41, 5.74) is 7.80. The summed E-state index contributed by atoms with van der Waals surface area (Å²) in [6.07, 6.45) is 2.03. The Morgan fingerprint density at radius 1 is 1.59 bits per heavy atom. The largest absolute Gasteiger partial charge is 0.497 e. The molecule has 1 aromatic carbocycles. The molecule has 0 aliphatic heterocycles. The van der Waals surface area contributed by atoms with E-state index >= 15 is 0 Å². The summed E-state index contributed by atoms with van der Waals surface area (Å²) >= 11 is 0. The smallest absolute Gasteiger partial charge is 0.234 e. The van der Waals surface area contributed by atoms with Gasteiger partial charge in [-0.25, -0.2) is 0 Å². The first-order chi connectivity index (χ1) is 8.11. The molecular formula is C13H18N2O2. The molecule has 0 saturated heterocycles. The number of ether oxygens (including phenoxy) is 1. The van der Waals surface area contributed by atoms with Gasteiger partial charge in [-0.2, -0.15) is 0 Å². The van der Waals surface area contributed by atoms with Crippen molar-refractivity contribution in [3.8, 4) is 5.75 Å². The van der Waals surface area contributed by atoms with Gasteiger partial charge in [-0.05, 0) is 43.0 Å². The third-order valence-corrected chi connectivity index (χ3v) is 3.31. The second kappa shape index (κ2) is 4.75. The van der Waals surface area contributed by atoms with E-state index in [1.165, 1.54) is 11.1 Å². The Labute approximate surface area is 101 Å². The number of rotatable bonds is 4. The number of methoxy groups -OCH3 is 1. The summed E-state index contributed by atoms with van der Waals surface area (Å²) in [5.74, 6) is 0.533. The third kappa shape index (κ3) is 2.42. The van der Waals surface area contributed by atoms with Crippen LogP contribution < -0.4 is 15.8 Å². The van der Waals surface area contributed by atoms with Crippen molar-refractivity contribution in [2.24, 2.45) is 5.73 Å². The minimum Gasteiger partial charge on any atom is -0.497 e. The maximum atomic E-state index is 11.1. The second-order valence-corrected chi connectivity index (χ2v) is 4.45. The van der Waals surface area contributed by atoms with Gasteiger partial charge in [-0.15, -0.1) is 0 Å². The third-order valence-electron chi connectivity index (χ3n) is 3.31. The summed E-state index contributed by atoms with van der Waals surface area (Å²) in [7, 11) is 1.66. The van der Waals surface area contributed by atoms with Crippen LogP contribution in [0.2, 0.25) is 0 Å². The Morgan fingerprint density at radius 3 is 3.00 bits per heavy atom. The topological polar surface area (TPSA) is 64.3 Å². The standard InChI is InChI=1S/C13H18N2O2/c1-8(13(14)16)15-12-6-4-9-3-5-10(17-2)7-11(9)12/h3,5,7-8,12,15H,4,6H2,1-2H3,(H2,14,16). The lowest BCUT2D eigenvalue weighted by Crippen LogP contribution is -2.40. The van der Waals surface area contributed by atoms with E-state index in [0.29, 0.717) is 0 Å². The molecule has 0 bridgehead atoms. The predicted octanol–water partition coefficient (Wildman–Crippen LogP) is 1.15. The van der Waals surface area contributed by atoms with Crippen LogP contribution in [-0.4, -0.2) is 19.1 Å². The lowest BCUT2D eigenvalue weighted by atomic mass is 10.1. The molecule has 2 rings (SSSR count). The van der Waals surface area contributed by atoms with Gasteiger partial charge in [0.2, 0.25) is 5.91 Å². The van der Waals surface area contributed by atoms with Crippen molar-refractivity contribution in [3.63, 3.8) is 0 Å². The van der Waals surface area contributed by atoms with E-state index in [0.717, 1.165) is 18.6 Å². The Morgan fingerprint density at radius 2 is 2.35 bits per heavy atom. The normalized spacial score (nSPS) is 19.8. The summed E-state index contributed by atoms with van der Waals surface area (Å²) in [6, 6.07) is 5.98. The van der Waals surface area contributed by atoms with Crippen LogP contribution in [-0.2, 0) is 11.2 Å². The van der Waals surface area contributed by atoms with Crippen molar-refractivity contribution >= 4 is 5.91 Å². The number of carbonyl (C=O) groups is 1. The Bertz CT molecular complexity index is 431. The number of nitrogens with one attached hydrogen (secondary N) is 1. The van der Waals surface area contributed by atoms with E-state index in [1.54, 1.807) is 14.0 Å². The quantitative estimate of drug-likeness (QED) is 0.821. The highest BCUT2D eigenvalue weighted by Gasteiger charge is 2.25. The number of primary amides is 1. The van der Waals surface area contributed by atoms with E-state index in [2.05, 4.69) is 11.4 Å². The van der Waals surface area contributed by atoms with Crippen LogP contribution in [0.3, 0.4) is 0 Å². The van der Waals surface area contributed by atoms with E-state index in [4.69, 9.17) is 10.5 Å². The van der Waals surface area contributed by atoms with Gasteiger partial charge in [0, 0.05) is 6.04 Å². The molecule has 1 aliphatic carbocycles. The fourth-order valence-electron chi connectivity index (χ4n) is 2.26. The van der Waals surface area contributed by atoms with Crippen LogP contribution in [0.5, 0.6) is 5.75 Å². The van der Waals surface area contributed by atoms with Gasteiger partial charge in [0.25, 0.3) is 0 Å². The van der Waals surface area contributed by atoms with Gasteiger partial charge in [0.1, 0.15) is 5.75 Å². The molecular weight excluding hydrogens is 216 g/mol. The van der Waals surface area contributed by atoms with Crippen LogP contribution in [0.25, 0.3) is 0 Å². The SMILES string of the molecule is COc1ccc2c(c1)C(NC(C)C(N)=O)CC2. The van der Waals surface area contributed by atoms with Crippen molar-refractivity contribution < 1.29 is 9.53 Å². The Hall–Kier alpha value is -1.55. The molecule has 0 heterocycles. The Balaban J connectivity index is 2.17. The van der Waals surface area contributed by atoms with Crippen LogP contribution in [0, 0.1) is 0 Å². The van der Waals surface area contributed by atoms with Crippen LogP contribution in [0.4, 0.5) is 0 Å². The van der Waals surface area contributed by atoms with Crippen LogP contribution in [0.15, 0.2) is 18.2 Å². The molecule has 2 atom stereocenters. The molecule has 0 radical (unpaired) electrons. The zero-order valence-corrected chi connectivity index (χ0v) is 10.2. The monoisotopic (exact) mass is 234 g/mol. The highest BCUT2D eigenvalue weighted by Crippen LogP contribution is 2.33. The average molecular weight is 234 g/mol. The molecule has 3 N–H and O–H groups in total. The Kier molecular flexibility index (Phi) is 3.33. The maximum absolute atomic E-state index is 11.1. The molecule has 0 aromatic heterocycles. The predicted molar refractivity (Wildman–Crippen MR) is 65.8 cm³/mol. The van der Waals surface area contributed by atoms with Crippen molar-refractivity contribution in [3.05, 3.63) is 29.3 Å². The van der Waals surface area contributed by atoms with Gasteiger partial charge in [0.05, 0.1) is 13.2 Å². The zero-order valence-electron chi connectivity index (χ0n) is 10.2. The number of hydrogen-bond acceptors (Lipinski definition) is 3. The number of nitrogens with two attached hydrogens (primary N) is 1. The van der Waals surface area contributed by atoms with Crippen molar-refractivity contribution in [2.75, 3.05) is 7.11 Å². The summed E-state index contributed by atoms with van der Waals surface area (Å²) in [4.78, 5) is 11.1. The van der Waals surface area contributed by atoms with E-state index < -0.39 is 0 Å². The van der Waals surface area contributed by atoms with E-state index in [9.17, 15) is 4.79 Å². The summed E-state index contributed by atoms with van der Waals surface area (Å²) < 4.78 is 5.22. The number of benzene rings is 1. The first-order valence-electron chi connectivity index (χ1n) is 5.84. The second-order valence-electron chi connectivity index (χ2n) is 4.45. The molecule has 0 fully saturated rings. The van der Waals surface area contributed by atoms with Gasteiger partial charge in [-0.3, -0.25) is 10.1 Å². The highest BCUT2D eigenvalue weighted by atomic mass is 16.5. The molecule has 1 aliphatic rings. The number of amides is 1. The van der Waals surface area contributed by atoms with Gasteiger partial charge >= 0.3 is 0 Å². The molecule has 0 spiro atoms. The lowest BCUT2D eigenvalue weighted by Gasteiger charge is -2.18. The molecule has 1 aromatic rings. The average Bonchev–Trinajstić information content (AvgIpc) is 2.71. The summed E-state index contributed by atoms with van der Waals surface area (Å²) in [5, 5.41) is 3.26. The number of hydrogen-bond donors (Lipinski definition) is 2. The molecule has 92 valence electrons. The van der Waals surface area contributed by atoms with Crippen LogP contribution >= 0.6 is 0 Å². The van der Waals surface area contributed by atoms with Crippen LogP contribution in [0.1, 0.15) is 30.5 Å². The number of fused-ring (bicyclic) bond motifs is 1. The molecule has 2 unspecified atom stereocenters. The molecule has 4 nitrogen and oxygen atoms in total. The molecule has 4 heteroatoms. The van der Waals surface area contributed by atoms with E-state index in [-0.39, 0.29) is 18.0 Å². The van der Waals surface area contributed by atoms with Crippen molar-refractivity contribution in [1.29, 1.82) is 0 Å². The first-order valence-corrected chi connectivity index (χ1v) is 5.84. The number of aryl methyl sites for hydroxylation is 1. The molecule has 1 amide bonds. The van der Waals surface area contributed by atoms with Crippen molar-refractivity contribution in [1.82, 2.24) is 5.32 Å². The summed E-state index contributed by atoms with van der Waals surface area (Å²) in [6.45, 7) is 1.79. The van der Waals surface area contributed by atoms with Gasteiger partial charge in [-0.1, -0.05) is 6.07 Å². The molecule has 17 heavy (non-hydrogen) atoms. The minimum atomic E-state index is -0.318. The van der Waals surface area contributed by atoms with E-state index in [1.807, 2.05) is 12.1 Å². The lowest BCUT2D eigenvalue weighted by molar-refractivity contribution is -0.119. The minimum absolute atomic E-state index is 0.197. The fourth-order valence-corrected chi connectivity index (χ4v) is 2.26. The van der Waals surface area contributed by atoms with Gasteiger partial charge in [0.15, 0.2) is 0 Å². The zero-order chi connectivity index (χ0) is 12.4. The highest BCUT2D eigenvalue weighted by molar-refractivity contribution is 5.79.